The minimum atomic E-state index is -0.161. The fourth-order valence-corrected chi connectivity index (χ4v) is 2.45. The molecule has 20 heavy (non-hydrogen) atoms. The average Bonchev–Trinajstić information content (AvgIpc) is 2.51. The van der Waals surface area contributed by atoms with Crippen LogP contribution in [-0.4, -0.2) is 12.7 Å². The second kappa shape index (κ2) is 5.55. The minimum absolute atomic E-state index is 0.155. The van der Waals surface area contributed by atoms with Crippen molar-refractivity contribution >= 4 is 0 Å². The number of hydrogen-bond donors (Lipinski definition) is 1. The van der Waals surface area contributed by atoms with Crippen molar-refractivity contribution in [2.45, 2.75) is 25.5 Å². The van der Waals surface area contributed by atoms with E-state index in [1.165, 1.54) is 5.56 Å². The standard InChI is InChI=1S/C17H19NO2/c1-2-12-7-9-13(10-8-12)20-16-11-19-15-6-4-3-5-14(15)17(16)18/h3-10,16-17H,2,11,18H2,1H3. The normalized spacial score (nSPS) is 20.9. The van der Waals surface area contributed by atoms with E-state index >= 15 is 0 Å². The molecular formula is C17H19NO2. The summed E-state index contributed by atoms with van der Waals surface area (Å²) in [6.07, 6.45) is 0.872. The summed E-state index contributed by atoms with van der Waals surface area (Å²) in [5, 5.41) is 0. The monoisotopic (exact) mass is 269 g/mol. The number of rotatable bonds is 3. The zero-order chi connectivity index (χ0) is 13.9. The molecule has 0 saturated carbocycles. The molecule has 2 aromatic rings. The van der Waals surface area contributed by atoms with Crippen molar-refractivity contribution in [1.29, 1.82) is 0 Å². The van der Waals surface area contributed by atoms with Gasteiger partial charge in [-0.15, -0.1) is 0 Å². The molecule has 3 heteroatoms. The maximum absolute atomic E-state index is 6.29. The van der Waals surface area contributed by atoms with Crippen LogP contribution in [0.1, 0.15) is 24.1 Å². The van der Waals surface area contributed by atoms with Crippen molar-refractivity contribution in [3.8, 4) is 11.5 Å². The van der Waals surface area contributed by atoms with E-state index in [-0.39, 0.29) is 12.1 Å². The number of fused-ring (bicyclic) bond motifs is 1. The molecule has 2 aromatic carbocycles. The van der Waals surface area contributed by atoms with Gasteiger partial charge in [0, 0.05) is 5.56 Å². The maximum atomic E-state index is 6.29. The summed E-state index contributed by atoms with van der Waals surface area (Å²) in [5.74, 6) is 1.70. The molecule has 3 nitrogen and oxygen atoms in total. The Bertz CT molecular complexity index is 580. The Hall–Kier alpha value is -2.00. The number of ether oxygens (including phenoxy) is 2. The third kappa shape index (κ3) is 2.49. The summed E-state index contributed by atoms with van der Waals surface area (Å²) in [6, 6.07) is 15.9. The van der Waals surface area contributed by atoms with E-state index in [2.05, 4.69) is 19.1 Å². The van der Waals surface area contributed by atoms with Gasteiger partial charge in [-0.25, -0.2) is 0 Å². The van der Waals surface area contributed by atoms with Gasteiger partial charge in [0.05, 0.1) is 6.04 Å². The third-order valence-corrected chi connectivity index (χ3v) is 3.70. The first-order valence-corrected chi connectivity index (χ1v) is 7.01. The second-order valence-electron chi connectivity index (χ2n) is 5.03. The van der Waals surface area contributed by atoms with Crippen molar-refractivity contribution in [2.75, 3.05) is 6.61 Å². The largest absolute Gasteiger partial charge is 0.489 e. The predicted molar refractivity (Wildman–Crippen MR) is 79.1 cm³/mol. The highest BCUT2D eigenvalue weighted by molar-refractivity contribution is 5.38. The highest BCUT2D eigenvalue weighted by Crippen LogP contribution is 2.32. The molecule has 104 valence electrons. The van der Waals surface area contributed by atoms with E-state index in [1.807, 2.05) is 36.4 Å². The van der Waals surface area contributed by atoms with E-state index in [0.717, 1.165) is 23.5 Å². The Morgan fingerprint density at radius 2 is 1.90 bits per heavy atom. The topological polar surface area (TPSA) is 44.5 Å². The smallest absolute Gasteiger partial charge is 0.152 e. The van der Waals surface area contributed by atoms with Gasteiger partial charge in [-0.1, -0.05) is 37.3 Å². The molecule has 0 aromatic heterocycles. The Labute approximate surface area is 119 Å². The second-order valence-corrected chi connectivity index (χ2v) is 5.03. The summed E-state index contributed by atoms with van der Waals surface area (Å²) in [5.41, 5.74) is 8.60. The molecule has 0 bridgehead atoms. The molecule has 1 heterocycles. The van der Waals surface area contributed by atoms with Crippen LogP contribution in [0.5, 0.6) is 11.5 Å². The van der Waals surface area contributed by atoms with Crippen molar-refractivity contribution in [3.05, 3.63) is 59.7 Å². The first-order chi connectivity index (χ1) is 9.78. The van der Waals surface area contributed by atoms with Crippen LogP contribution in [0.3, 0.4) is 0 Å². The highest BCUT2D eigenvalue weighted by atomic mass is 16.5. The van der Waals surface area contributed by atoms with Gasteiger partial charge in [0.25, 0.3) is 0 Å². The fraction of sp³-hybridized carbons (Fsp3) is 0.294. The Morgan fingerprint density at radius 1 is 1.15 bits per heavy atom. The molecule has 0 amide bonds. The van der Waals surface area contributed by atoms with Crippen LogP contribution in [0.25, 0.3) is 0 Å². The molecule has 0 aliphatic carbocycles. The quantitative estimate of drug-likeness (QED) is 0.931. The number of aryl methyl sites for hydroxylation is 1. The molecule has 2 atom stereocenters. The molecule has 2 unspecified atom stereocenters. The lowest BCUT2D eigenvalue weighted by atomic mass is 9.99. The van der Waals surface area contributed by atoms with Gasteiger partial charge in [0.1, 0.15) is 18.1 Å². The van der Waals surface area contributed by atoms with Crippen LogP contribution in [0.15, 0.2) is 48.5 Å². The van der Waals surface area contributed by atoms with Crippen molar-refractivity contribution < 1.29 is 9.47 Å². The Kier molecular flexibility index (Phi) is 3.61. The zero-order valence-electron chi connectivity index (χ0n) is 11.6. The van der Waals surface area contributed by atoms with Crippen LogP contribution in [0, 0.1) is 0 Å². The predicted octanol–water partition coefficient (Wildman–Crippen LogP) is 3.09. The lowest BCUT2D eigenvalue weighted by Crippen LogP contribution is -2.40. The van der Waals surface area contributed by atoms with Gasteiger partial charge in [0.2, 0.25) is 0 Å². The van der Waals surface area contributed by atoms with Gasteiger partial charge in [-0.2, -0.15) is 0 Å². The zero-order valence-corrected chi connectivity index (χ0v) is 11.6. The molecule has 0 fully saturated rings. The van der Waals surface area contributed by atoms with Gasteiger partial charge in [-0.05, 0) is 30.2 Å². The Morgan fingerprint density at radius 3 is 2.65 bits per heavy atom. The van der Waals surface area contributed by atoms with Crippen LogP contribution < -0.4 is 15.2 Å². The van der Waals surface area contributed by atoms with E-state index in [9.17, 15) is 0 Å². The SMILES string of the molecule is CCc1ccc(OC2COc3ccccc3C2N)cc1. The summed E-state index contributed by atoms with van der Waals surface area (Å²) < 4.78 is 11.7. The summed E-state index contributed by atoms with van der Waals surface area (Å²) in [4.78, 5) is 0. The van der Waals surface area contributed by atoms with Crippen molar-refractivity contribution in [3.63, 3.8) is 0 Å². The summed E-state index contributed by atoms with van der Waals surface area (Å²) in [7, 11) is 0. The van der Waals surface area contributed by atoms with E-state index < -0.39 is 0 Å². The number of hydrogen-bond acceptors (Lipinski definition) is 3. The van der Waals surface area contributed by atoms with Gasteiger partial charge in [-0.3, -0.25) is 0 Å². The number of benzene rings is 2. The molecule has 0 saturated heterocycles. The number of para-hydroxylation sites is 1. The summed E-state index contributed by atoms with van der Waals surface area (Å²) in [6.45, 7) is 2.62. The average molecular weight is 269 g/mol. The van der Waals surface area contributed by atoms with E-state index in [4.69, 9.17) is 15.2 Å². The first-order valence-electron chi connectivity index (χ1n) is 7.01. The van der Waals surface area contributed by atoms with Crippen LogP contribution >= 0.6 is 0 Å². The van der Waals surface area contributed by atoms with Crippen molar-refractivity contribution in [1.82, 2.24) is 0 Å². The minimum Gasteiger partial charge on any atom is -0.489 e. The van der Waals surface area contributed by atoms with Gasteiger partial charge >= 0.3 is 0 Å². The molecule has 0 radical (unpaired) electrons. The van der Waals surface area contributed by atoms with E-state index in [1.54, 1.807) is 0 Å². The van der Waals surface area contributed by atoms with E-state index in [0.29, 0.717) is 6.61 Å². The summed E-state index contributed by atoms with van der Waals surface area (Å²) >= 11 is 0. The van der Waals surface area contributed by atoms with Crippen LogP contribution in [0.4, 0.5) is 0 Å². The molecule has 1 aliphatic rings. The number of nitrogens with two attached hydrogens (primary N) is 1. The molecular weight excluding hydrogens is 250 g/mol. The first kappa shape index (κ1) is 13.0. The molecule has 2 N–H and O–H groups in total. The van der Waals surface area contributed by atoms with Crippen LogP contribution in [-0.2, 0) is 6.42 Å². The lowest BCUT2D eigenvalue weighted by Gasteiger charge is -2.31. The maximum Gasteiger partial charge on any atom is 0.152 e. The molecule has 1 aliphatic heterocycles. The molecule has 3 rings (SSSR count). The fourth-order valence-electron chi connectivity index (χ4n) is 2.45. The third-order valence-electron chi connectivity index (χ3n) is 3.70. The Balaban J connectivity index is 1.75. The van der Waals surface area contributed by atoms with Crippen molar-refractivity contribution in [2.24, 2.45) is 5.73 Å². The highest BCUT2D eigenvalue weighted by Gasteiger charge is 2.29. The van der Waals surface area contributed by atoms with Crippen LogP contribution in [0.2, 0.25) is 0 Å². The molecule has 0 spiro atoms. The lowest BCUT2D eigenvalue weighted by molar-refractivity contribution is 0.0878. The van der Waals surface area contributed by atoms with Gasteiger partial charge < -0.3 is 15.2 Å². The van der Waals surface area contributed by atoms with Gasteiger partial charge in [0.15, 0.2) is 6.10 Å².